The van der Waals surface area contributed by atoms with Crippen LogP contribution >= 0.6 is 0 Å². The average molecular weight is 496 g/mol. The van der Waals surface area contributed by atoms with E-state index in [1.54, 1.807) is 41.7 Å². The molecular formula is C23H25N7O4S. The van der Waals surface area contributed by atoms with Crippen molar-refractivity contribution in [3.05, 3.63) is 54.4 Å². The third-order valence-corrected chi connectivity index (χ3v) is 7.73. The summed E-state index contributed by atoms with van der Waals surface area (Å²) in [5.41, 5.74) is 2.22. The van der Waals surface area contributed by atoms with Gasteiger partial charge in [-0.05, 0) is 50.8 Å². The molecule has 2 fully saturated rings. The fourth-order valence-electron chi connectivity index (χ4n) is 4.04. The van der Waals surface area contributed by atoms with E-state index in [1.807, 2.05) is 6.92 Å². The second-order valence-electron chi connectivity index (χ2n) is 8.42. The van der Waals surface area contributed by atoms with Gasteiger partial charge in [0.25, 0.3) is 5.91 Å². The van der Waals surface area contributed by atoms with E-state index >= 15 is 0 Å². The number of hydrogen-bond donors (Lipinski definition) is 1. The van der Waals surface area contributed by atoms with E-state index in [9.17, 15) is 13.2 Å². The largest absolute Gasteiger partial charge is 0.477 e. The Balaban J connectivity index is 1.32. The number of likely N-dealkylation sites (tertiary alicyclic amines) is 1. The molecule has 0 aromatic carbocycles. The first kappa shape index (κ1) is 23.1. The first-order valence-electron chi connectivity index (χ1n) is 11.5. The smallest absolute Gasteiger partial charge is 0.273 e. The van der Waals surface area contributed by atoms with Crippen molar-refractivity contribution in [3.63, 3.8) is 0 Å². The molecule has 0 unspecified atom stereocenters. The monoisotopic (exact) mass is 495 g/mol. The third-order valence-electron chi connectivity index (χ3n) is 5.91. The molecule has 5 rings (SSSR count). The molecule has 0 radical (unpaired) electrons. The van der Waals surface area contributed by atoms with Gasteiger partial charge in [0.15, 0.2) is 0 Å². The molecule has 1 amide bonds. The first-order valence-corrected chi connectivity index (χ1v) is 13.1. The Hall–Kier alpha value is -3.67. The number of aromatic nitrogens is 5. The van der Waals surface area contributed by atoms with E-state index in [-0.39, 0.29) is 23.1 Å². The molecule has 1 aliphatic heterocycles. The molecule has 4 heterocycles. The molecule has 3 aromatic rings. The Morgan fingerprint density at radius 2 is 1.97 bits per heavy atom. The lowest BCUT2D eigenvalue weighted by molar-refractivity contribution is 0.0727. The van der Waals surface area contributed by atoms with Crippen molar-refractivity contribution >= 4 is 21.9 Å². The normalized spacial score (nSPS) is 17.9. The van der Waals surface area contributed by atoms with Gasteiger partial charge in [-0.15, -0.1) is 0 Å². The predicted molar refractivity (Wildman–Crippen MR) is 127 cm³/mol. The van der Waals surface area contributed by atoms with Crippen molar-refractivity contribution in [1.82, 2.24) is 29.8 Å². The highest BCUT2D eigenvalue weighted by Gasteiger charge is 2.37. The highest BCUT2D eigenvalue weighted by Crippen LogP contribution is 2.33. The van der Waals surface area contributed by atoms with Crippen LogP contribution in [-0.2, 0) is 10.0 Å². The zero-order valence-electron chi connectivity index (χ0n) is 19.2. The molecule has 1 saturated heterocycles. The Labute approximate surface area is 203 Å². The van der Waals surface area contributed by atoms with Gasteiger partial charge in [0.1, 0.15) is 5.69 Å². The van der Waals surface area contributed by atoms with Gasteiger partial charge in [0.2, 0.25) is 21.9 Å². The van der Waals surface area contributed by atoms with E-state index in [0.717, 1.165) is 18.4 Å². The first-order chi connectivity index (χ1) is 16.9. The molecule has 0 bridgehead atoms. The van der Waals surface area contributed by atoms with Gasteiger partial charge in [-0.1, -0.05) is 0 Å². The van der Waals surface area contributed by atoms with Gasteiger partial charge >= 0.3 is 0 Å². The fourth-order valence-corrected chi connectivity index (χ4v) is 5.31. The second kappa shape index (κ2) is 9.53. The average Bonchev–Trinajstić information content (AvgIpc) is 3.62. The molecule has 12 heteroatoms. The molecule has 1 aliphatic carbocycles. The summed E-state index contributed by atoms with van der Waals surface area (Å²) in [6, 6.07) is 4.87. The van der Waals surface area contributed by atoms with E-state index in [4.69, 9.17) is 4.74 Å². The molecule has 1 N–H and O–H groups in total. The van der Waals surface area contributed by atoms with Crippen LogP contribution in [-0.4, -0.2) is 62.5 Å². The molecule has 3 aromatic heterocycles. The number of sulfonamides is 1. The number of carbonyl (C=O) groups excluding carboxylic acids is 1. The second-order valence-corrected chi connectivity index (χ2v) is 10.4. The fraction of sp³-hybridized carbons (Fsp3) is 0.391. The minimum atomic E-state index is -3.47. The summed E-state index contributed by atoms with van der Waals surface area (Å²) in [5.74, 6) is 0.243. The minimum absolute atomic E-state index is 0.0339. The van der Waals surface area contributed by atoms with Gasteiger partial charge in [0, 0.05) is 24.5 Å². The van der Waals surface area contributed by atoms with Crippen molar-refractivity contribution < 1.29 is 17.9 Å². The van der Waals surface area contributed by atoms with Crippen LogP contribution in [0.5, 0.6) is 5.88 Å². The molecule has 35 heavy (non-hydrogen) atoms. The van der Waals surface area contributed by atoms with Crippen LogP contribution in [0.1, 0.15) is 54.8 Å². The summed E-state index contributed by atoms with van der Waals surface area (Å²) in [6.45, 7) is 2.92. The zero-order chi connectivity index (χ0) is 24.4. The lowest BCUT2D eigenvalue weighted by Crippen LogP contribution is -2.31. The van der Waals surface area contributed by atoms with E-state index in [1.165, 1.54) is 6.20 Å². The Bertz CT molecular complexity index is 1330. The summed E-state index contributed by atoms with van der Waals surface area (Å²) >= 11 is 0. The van der Waals surface area contributed by atoms with Gasteiger partial charge < -0.3 is 9.64 Å². The topological polar surface area (TPSA) is 140 Å². The summed E-state index contributed by atoms with van der Waals surface area (Å²) in [4.78, 5) is 36.4. The van der Waals surface area contributed by atoms with Crippen LogP contribution in [0.25, 0.3) is 11.3 Å². The maximum atomic E-state index is 13.3. The van der Waals surface area contributed by atoms with Crippen molar-refractivity contribution in [1.29, 1.82) is 0 Å². The van der Waals surface area contributed by atoms with Gasteiger partial charge in [-0.2, -0.15) is 0 Å². The third kappa shape index (κ3) is 5.06. The van der Waals surface area contributed by atoms with Crippen LogP contribution < -0.4 is 9.46 Å². The standard InChI is InChI=1S/C23H25N7O4S/c1-2-34-21-14-24-13-19(27-21)15-5-8-18(26-12-15)22(31)30-11-3-4-20(30)17-9-10-25-23(28-17)29-35(32,33)16-6-7-16/h5,8-10,12-14,16,20H,2-4,6-7,11H2,1H3,(H,25,28,29)/t20-/m1/s1. The summed E-state index contributed by atoms with van der Waals surface area (Å²) < 4.78 is 32.4. The maximum Gasteiger partial charge on any atom is 0.273 e. The quantitative estimate of drug-likeness (QED) is 0.499. The number of rotatable bonds is 8. The Kier molecular flexibility index (Phi) is 6.29. The SMILES string of the molecule is CCOc1cncc(-c2ccc(C(=O)N3CCC[C@@H]3c3ccnc(NS(=O)(=O)C4CC4)n3)nc2)n1. The van der Waals surface area contributed by atoms with Crippen molar-refractivity contribution in [2.75, 3.05) is 17.9 Å². The van der Waals surface area contributed by atoms with Gasteiger partial charge in [-0.3, -0.25) is 19.5 Å². The Morgan fingerprint density at radius 1 is 1.11 bits per heavy atom. The van der Waals surface area contributed by atoms with Crippen LogP contribution in [0, 0.1) is 0 Å². The van der Waals surface area contributed by atoms with Crippen LogP contribution in [0.15, 0.2) is 43.0 Å². The molecule has 1 saturated carbocycles. The number of pyridine rings is 1. The summed E-state index contributed by atoms with van der Waals surface area (Å²) in [6.07, 6.45) is 9.08. The van der Waals surface area contributed by atoms with E-state index < -0.39 is 10.0 Å². The molecule has 0 spiro atoms. The molecule has 2 aliphatic rings. The number of ether oxygens (including phenoxy) is 1. The minimum Gasteiger partial charge on any atom is -0.477 e. The number of amides is 1. The number of anilines is 1. The van der Waals surface area contributed by atoms with Crippen molar-refractivity contribution in [2.24, 2.45) is 0 Å². The van der Waals surface area contributed by atoms with Crippen LogP contribution in [0.3, 0.4) is 0 Å². The van der Waals surface area contributed by atoms with Gasteiger partial charge in [-0.25, -0.2) is 23.4 Å². The summed E-state index contributed by atoms with van der Waals surface area (Å²) in [5, 5.41) is -0.374. The van der Waals surface area contributed by atoms with E-state index in [0.29, 0.717) is 49.0 Å². The molecule has 11 nitrogen and oxygen atoms in total. The molecular weight excluding hydrogens is 470 g/mol. The predicted octanol–water partition coefficient (Wildman–Crippen LogP) is 2.61. The maximum absolute atomic E-state index is 13.3. The lowest BCUT2D eigenvalue weighted by Gasteiger charge is -2.24. The van der Waals surface area contributed by atoms with Crippen LogP contribution in [0.4, 0.5) is 5.95 Å². The summed E-state index contributed by atoms with van der Waals surface area (Å²) in [7, 11) is -3.47. The number of nitrogens with zero attached hydrogens (tertiary/aromatic N) is 6. The zero-order valence-corrected chi connectivity index (χ0v) is 20.0. The highest BCUT2D eigenvalue weighted by molar-refractivity contribution is 7.93. The molecule has 182 valence electrons. The van der Waals surface area contributed by atoms with E-state index in [2.05, 4.69) is 29.6 Å². The number of carbonyl (C=O) groups is 1. The Morgan fingerprint density at radius 3 is 2.71 bits per heavy atom. The lowest BCUT2D eigenvalue weighted by atomic mass is 10.1. The van der Waals surface area contributed by atoms with Gasteiger partial charge in [0.05, 0.1) is 41.7 Å². The van der Waals surface area contributed by atoms with Crippen molar-refractivity contribution in [3.8, 4) is 17.1 Å². The highest BCUT2D eigenvalue weighted by atomic mass is 32.2. The number of hydrogen-bond acceptors (Lipinski definition) is 9. The van der Waals surface area contributed by atoms with Crippen molar-refractivity contribution in [2.45, 2.75) is 43.9 Å². The molecule has 1 atom stereocenters. The number of nitrogens with one attached hydrogen (secondary N) is 1. The van der Waals surface area contributed by atoms with Crippen LogP contribution in [0.2, 0.25) is 0 Å².